The van der Waals surface area contributed by atoms with Crippen LogP contribution in [0.4, 0.5) is 0 Å². The highest BCUT2D eigenvalue weighted by Gasteiger charge is 2.18. The molecule has 1 aliphatic rings. The van der Waals surface area contributed by atoms with Crippen molar-refractivity contribution in [2.75, 3.05) is 26.2 Å². The average molecular weight is 269 g/mol. The second kappa shape index (κ2) is 8.41. The molecule has 0 saturated carbocycles. The third-order valence-electron chi connectivity index (χ3n) is 3.83. The van der Waals surface area contributed by atoms with Crippen LogP contribution in [0.5, 0.6) is 0 Å². The normalized spacial score (nSPS) is 22.9. The molecule has 4 heteroatoms. The van der Waals surface area contributed by atoms with Gasteiger partial charge < -0.3 is 15.7 Å². The molecule has 0 bridgehead atoms. The summed E-state index contributed by atoms with van der Waals surface area (Å²) in [4.78, 5) is 6.77. The summed E-state index contributed by atoms with van der Waals surface area (Å²) >= 11 is 0. The summed E-state index contributed by atoms with van der Waals surface area (Å²) in [5.41, 5.74) is 6.10. The highest BCUT2D eigenvalue weighted by molar-refractivity contribution is 5.78. The molecule has 112 valence electrons. The van der Waals surface area contributed by atoms with Crippen molar-refractivity contribution in [2.24, 2.45) is 28.5 Å². The predicted octanol–water partition coefficient (Wildman–Crippen LogP) is 2.08. The minimum Gasteiger partial charge on any atom is -0.396 e. The Morgan fingerprint density at radius 3 is 2.79 bits per heavy atom. The van der Waals surface area contributed by atoms with Crippen molar-refractivity contribution in [1.29, 1.82) is 0 Å². The first kappa shape index (κ1) is 16.3. The molecule has 4 nitrogen and oxygen atoms in total. The molecule has 0 aromatic heterocycles. The number of guanidine groups is 1. The molecule has 2 atom stereocenters. The van der Waals surface area contributed by atoms with Crippen molar-refractivity contribution in [3.63, 3.8) is 0 Å². The second-order valence-electron chi connectivity index (χ2n) is 6.40. The number of rotatable bonds is 6. The minimum atomic E-state index is 0.244. The fourth-order valence-electron chi connectivity index (χ4n) is 2.85. The Morgan fingerprint density at radius 1 is 1.47 bits per heavy atom. The first-order chi connectivity index (χ1) is 9.02. The van der Waals surface area contributed by atoms with Crippen LogP contribution in [0.15, 0.2) is 4.99 Å². The molecule has 1 aliphatic heterocycles. The molecule has 1 heterocycles. The maximum atomic E-state index is 9.11. The molecule has 0 spiro atoms. The first-order valence-corrected chi connectivity index (χ1v) is 7.68. The second-order valence-corrected chi connectivity index (χ2v) is 6.40. The number of piperidine rings is 1. The van der Waals surface area contributed by atoms with Crippen molar-refractivity contribution in [3.05, 3.63) is 0 Å². The van der Waals surface area contributed by atoms with Crippen LogP contribution in [0.3, 0.4) is 0 Å². The Bertz CT molecular complexity index is 279. The Kier molecular flexibility index (Phi) is 7.21. The largest absolute Gasteiger partial charge is 0.396 e. The highest BCUT2D eigenvalue weighted by atomic mass is 16.3. The summed E-state index contributed by atoms with van der Waals surface area (Å²) in [6.07, 6.45) is 4.44. The average Bonchev–Trinajstić information content (AvgIpc) is 2.35. The molecule has 0 amide bonds. The van der Waals surface area contributed by atoms with Crippen LogP contribution in [0.1, 0.15) is 46.5 Å². The van der Waals surface area contributed by atoms with E-state index in [1.807, 2.05) is 0 Å². The zero-order valence-corrected chi connectivity index (χ0v) is 12.8. The van der Waals surface area contributed by atoms with Crippen molar-refractivity contribution in [3.8, 4) is 0 Å². The Morgan fingerprint density at radius 2 is 2.21 bits per heavy atom. The van der Waals surface area contributed by atoms with E-state index in [4.69, 9.17) is 10.8 Å². The van der Waals surface area contributed by atoms with Gasteiger partial charge in [0.05, 0.1) is 0 Å². The quantitative estimate of drug-likeness (QED) is 0.573. The van der Waals surface area contributed by atoms with Crippen LogP contribution < -0.4 is 5.73 Å². The van der Waals surface area contributed by atoms with E-state index in [0.29, 0.717) is 23.7 Å². The van der Waals surface area contributed by atoms with E-state index >= 15 is 0 Å². The van der Waals surface area contributed by atoms with Crippen molar-refractivity contribution >= 4 is 5.96 Å². The molecule has 3 N–H and O–H groups in total. The maximum absolute atomic E-state index is 9.11. The Hall–Kier alpha value is -0.770. The van der Waals surface area contributed by atoms with Gasteiger partial charge in [0.15, 0.2) is 5.96 Å². The van der Waals surface area contributed by atoms with Gasteiger partial charge in [0.2, 0.25) is 0 Å². The molecular weight excluding hydrogens is 238 g/mol. The topological polar surface area (TPSA) is 61.9 Å². The van der Waals surface area contributed by atoms with Crippen LogP contribution in [0.25, 0.3) is 0 Å². The molecular formula is C15H31N3O. The lowest BCUT2D eigenvalue weighted by Crippen LogP contribution is -2.43. The highest BCUT2D eigenvalue weighted by Crippen LogP contribution is 2.17. The van der Waals surface area contributed by atoms with Gasteiger partial charge in [-0.25, -0.2) is 0 Å². The zero-order valence-electron chi connectivity index (χ0n) is 12.8. The fourth-order valence-corrected chi connectivity index (χ4v) is 2.85. The number of likely N-dealkylation sites (tertiary alicyclic amines) is 1. The third kappa shape index (κ3) is 6.28. The summed E-state index contributed by atoms with van der Waals surface area (Å²) in [6, 6.07) is 0. The molecule has 19 heavy (non-hydrogen) atoms. The fraction of sp³-hybridized carbons (Fsp3) is 0.933. The van der Waals surface area contributed by atoms with Crippen molar-refractivity contribution in [2.45, 2.75) is 46.5 Å². The molecule has 0 aromatic rings. The zero-order chi connectivity index (χ0) is 14.3. The molecule has 1 saturated heterocycles. The lowest BCUT2D eigenvalue weighted by molar-refractivity contribution is 0.244. The number of aliphatic hydroxyl groups excluding tert-OH is 1. The smallest absolute Gasteiger partial charge is 0.191 e. The van der Waals surface area contributed by atoms with Crippen LogP contribution in [-0.2, 0) is 0 Å². The van der Waals surface area contributed by atoms with Gasteiger partial charge in [-0.05, 0) is 43.4 Å². The Labute approximate surface area is 118 Å². The standard InChI is InChI=1S/C15H31N3O/c1-12(2)9-14(6-8-19)10-17-15(16)18-7-4-5-13(3)11-18/h12-14,19H,4-11H2,1-3H3,(H2,16,17). The SMILES string of the molecule is CC(C)CC(CCO)CN=C(N)N1CCCC(C)C1. The van der Waals surface area contributed by atoms with Gasteiger partial charge in [0.1, 0.15) is 0 Å². The number of hydrogen-bond acceptors (Lipinski definition) is 2. The molecule has 2 unspecified atom stereocenters. The molecule has 0 aromatic carbocycles. The van der Waals surface area contributed by atoms with E-state index in [0.717, 1.165) is 32.5 Å². The van der Waals surface area contributed by atoms with Crippen LogP contribution in [-0.4, -0.2) is 42.2 Å². The third-order valence-corrected chi connectivity index (χ3v) is 3.83. The van der Waals surface area contributed by atoms with E-state index < -0.39 is 0 Å². The summed E-state index contributed by atoms with van der Waals surface area (Å²) in [7, 11) is 0. The monoisotopic (exact) mass is 269 g/mol. The first-order valence-electron chi connectivity index (χ1n) is 7.68. The van der Waals surface area contributed by atoms with Gasteiger partial charge in [-0.15, -0.1) is 0 Å². The molecule has 0 radical (unpaired) electrons. The minimum absolute atomic E-state index is 0.244. The van der Waals surface area contributed by atoms with Crippen LogP contribution >= 0.6 is 0 Å². The Balaban J connectivity index is 2.46. The number of nitrogens with two attached hydrogens (primary N) is 1. The van der Waals surface area contributed by atoms with E-state index in [1.54, 1.807) is 0 Å². The van der Waals surface area contributed by atoms with Gasteiger partial charge in [-0.2, -0.15) is 0 Å². The van der Waals surface area contributed by atoms with Gasteiger partial charge in [0.25, 0.3) is 0 Å². The molecule has 1 rings (SSSR count). The predicted molar refractivity (Wildman–Crippen MR) is 81.1 cm³/mol. The molecule has 0 aliphatic carbocycles. The summed E-state index contributed by atoms with van der Waals surface area (Å²) in [5, 5.41) is 9.11. The summed E-state index contributed by atoms with van der Waals surface area (Å²) < 4.78 is 0. The number of aliphatic hydroxyl groups is 1. The summed E-state index contributed by atoms with van der Waals surface area (Å²) in [5.74, 6) is 2.50. The van der Waals surface area contributed by atoms with E-state index in [1.165, 1.54) is 12.8 Å². The van der Waals surface area contributed by atoms with Gasteiger partial charge in [0, 0.05) is 26.2 Å². The summed E-state index contributed by atoms with van der Waals surface area (Å²) in [6.45, 7) is 9.75. The number of nitrogens with zero attached hydrogens (tertiary/aromatic N) is 2. The van der Waals surface area contributed by atoms with E-state index in [9.17, 15) is 0 Å². The van der Waals surface area contributed by atoms with Crippen LogP contribution in [0.2, 0.25) is 0 Å². The van der Waals surface area contributed by atoms with Crippen molar-refractivity contribution in [1.82, 2.24) is 4.90 Å². The lowest BCUT2D eigenvalue weighted by atomic mass is 9.94. The number of hydrogen-bond donors (Lipinski definition) is 2. The molecule has 1 fully saturated rings. The van der Waals surface area contributed by atoms with Gasteiger partial charge in [-0.3, -0.25) is 4.99 Å². The van der Waals surface area contributed by atoms with Crippen LogP contribution in [0, 0.1) is 17.8 Å². The van der Waals surface area contributed by atoms with Crippen molar-refractivity contribution < 1.29 is 5.11 Å². The van der Waals surface area contributed by atoms with Gasteiger partial charge in [-0.1, -0.05) is 20.8 Å². The van der Waals surface area contributed by atoms with E-state index in [2.05, 4.69) is 30.7 Å². The van der Waals surface area contributed by atoms with E-state index in [-0.39, 0.29) is 6.61 Å². The maximum Gasteiger partial charge on any atom is 0.191 e. The lowest BCUT2D eigenvalue weighted by Gasteiger charge is -2.32. The van der Waals surface area contributed by atoms with Gasteiger partial charge >= 0.3 is 0 Å². The number of aliphatic imine (C=N–C) groups is 1.